The third-order valence-electron chi connectivity index (χ3n) is 3.07. The van der Waals surface area contributed by atoms with Crippen molar-refractivity contribution in [3.05, 3.63) is 34.4 Å². The van der Waals surface area contributed by atoms with E-state index in [1.165, 1.54) is 10.9 Å². The molecule has 0 aliphatic rings. The van der Waals surface area contributed by atoms with Crippen LogP contribution in [0.3, 0.4) is 0 Å². The number of fused-ring (bicyclic) bond motifs is 1. The first-order valence-corrected chi connectivity index (χ1v) is 7.21. The minimum absolute atomic E-state index is 0.237. The van der Waals surface area contributed by atoms with E-state index in [1.807, 2.05) is 32.2 Å². The van der Waals surface area contributed by atoms with Gasteiger partial charge in [-0.05, 0) is 60.7 Å². The summed E-state index contributed by atoms with van der Waals surface area (Å²) in [5, 5.41) is 4.11. The van der Waals surface area contributed by atoms with Crippen LogP contribution in [0.1, 0.15) is 26.3 Å². The molecule has 0 spiro atoms. The molecule has 1 aromatic heterocycles. The number of para-hydroxylation sites is 1. The van der Waals surface area contributed by atoms with Crippen molar-refractivity contribution in [3.8, 4) is 11.8 Å². The van der Waals surface area contributed by atoms with Gasteiger partial charge in [-0.2, -0.15) is 0 Å². The van der Waals surface area contributed by atoms with E-state index in [1.54, 1.807) is 6.92 Å². The highest BCUT2D eigenvalue weighted by atomic mass is 79.9. The fourth-order valence-corrected chi connectivity index (χ4v) is 2.77. The summed E-state index contributed by atoms with van der Waals surface area (Å²) >= 11 is 3.53. The zero-order valence-corrected chi connectivity index (χ0v) is 13.4. The Balaban J connectivity index is 2.24. The zero-order chi connectivity index (χ0) is 14.8. The maximum atomic E-state index is 11.6. The molecule has 0 atom stereocenters. The second kappa shape index (κ2) is 5.72. The smallest absolute Gasteiger partial charge is 0.296 e. The number of H-pyrrole nitrogens is 1. The predicted octanol–water partition coefficient (Wildman–Crippen LogP) is 3.39. The lowest BCUT2D eigenvalue weighted by Gasteiger charge is -2.24. The van der Waals surface area contributed by atoms with E-state index >= 15 is 0 Å². The number of amides is 1. The van der Waals surface area contributed by atoms with Gasteiger partial charge in [-0.3, -0.25) is 4.79 Å². The third-order valence-corrected chi connectivity index (χ3v) is 3.73. The van der Waals surface area contributed by atoms with Crippen LogP contribution in [0, 0.1) is 11.8 Å². The van der Waals surface area contributed by atoms with Crippen LogP contribution in [0.5, 0.6) is 0 Å². The van der Waals surface area contributed by atoms with Crippen molar-refractivity contribution in [1.82, 2.24) is 10.3 Å². The molecule has 1 heterocycles. The van der Waals surface area contributed by atoms with Gasteiger partial charge in [0.15, 0.2) is 0 Å². The van der Waals surface area contributed by atoms with Gasteiger partial charge >= 0.3 is 0 Å². The van der Waals surface area contributed by atoms with Gasteiger partial charge in [-0.1, -0.05) is 18.1 Å². The molecule has 3 nitrogen and oxygen atoms in total. The van der Waals surface area contributed by atoms with Gasteiger partial charge in [0.2, 0.25) is 0 Å². The average Bonchev–Trinajstić information content (AvgIpc) is 2.73. The van der Waals surface area contributed by atoms with Crippen LogP contribution in [0.2, 0.25) is 0 Å². The Morgan fingerprint density at radius 1 is 1.45 bits per heavy atom. The zero-order valence-electron chi connectivity index (χ0n) is 11.8. The number of nitrogens with one attached hydrogen (secondary N) is 2. The minimum Gasteiger partial charge on any atom is -0.360 e. The number of rotatable bonds is 3. The highest BCUT2D eigenvalue weighted by molar-refractivity contribution is 9.10. The van der Waals surface area contributed by atoms with Gasteiger partial charge in [0.25, 0.3) is 5.91 Å². The molecule has 0 aliphatic carbocycles. The van der Waals surface area contributed by atoms with Crippen molar-refractivity contribution in [1.29, 1.82) is 0 Å². The van der Waals surface area contributed by atoms with E-state index in [2.05, 4.69) is 44.1 Å². The topological polar surface area (TPSA) is 44.9 Å². The molecule has 0 fully saturated rings. The standard InChI is InChI=1S/C16H17BrN2O/c1-4-6-14(20)19-16(2,3)9-11-10-18-15-12(11)7-5-8-13(15)17/h5,7-8,10,18H,9H2,1-3H3,(H,19,20). The quantitative estimate of drug-likeness (QED) is 0.831. The second-order valence-electron chi connectivity index (χ2n) is 5.37. The van der Waals surface area contributed by atoms with Crippen molar-refractivity contribution in [2.45, 2.75) is 32.7 Å². The molecular weight excluding hydrogens is 316 g/mol. The summed E-state index contributed by atoms with van der Waals surface area (Å²) in [6, 6.07) is 6.10. The van der Waals surface area contributed by atoms with E-state index in [0.29, 0.717) is 0 Å². The van der Waals surface area contributed by atoms with Crippen LogP contribution >= 0.6 is 15.9 Å². The molecule has 0 saturated heterocycles. The Kier molecular flexibility index (Phi) is 4.20. The van der Waals surface area contributed by atoms with Gasteiger partial charge in [0.1, 0.15) is 0 Å². The van der Waals surface area contributed by atoms with E-state index in [-0.39, 0.29) is 11.4 Å². The molecule has 1 aromatic carbocycles. The summed E-state index contributed by atoms with van der Waals surface area (Å²) in [6.45, 7) is 5.65. The molecule has 2 aromatic rings. The number of halogens is 1. The molecule has 1 amide bonds. The number of hydrogen-bond donors (Lipinski definition) is 2. The summed E-state index contributed by atoms with van der Waals surface area (Å²) in [5.41, 5.74) is 1.91. The second-order valence-corrected chi connectivity index (χ2v) is 6.22. The van der Waals surface area contributed by atoms with Crippen LogP contribution in [0.15, 0.2) is 28.9 Å². The van der Waals surface area contributed by atoms with Crippen molar-refractivity contribution < 1.29 is 4.79 Å². The van der Waals surface area contributed by atoms with Crippen molar-refractivity contribution >= 4 is 32.7 Å². The summed E-state index contributed by atoms with van der Waals surface area (Å²) < 4.78 is 1.04. The minimum atomic E-state index is -0.349. The van der Waals surface area contributed by atoms with Crippen LogP contribution in [0.4, 0.5) is 0 Å². The maximum Gasteiger partial charge on any atom is 0.296 e. The Hall–Kier alpha value is -1.73. The van der Waals surface area contributed by atoms with Gasteiger partial charge in [0, 0.05) is 21.6 Å². The SMILES string of the molecule is CC#CC(=O)NC(C)(C)Cc1c[nH]c2c(Br)cccc12. The molecule has 2 N–H and O–H groups in total. The molecule has 0 saturated carbocycles. The number of benzene rings is 1. The van der Waals surface area contributed by atoms with E-state index in [9.17, 15) is 4.79 Å². The Bertz CT molecular complexity index is 704. The van der Waals surface area contributed by atoms with E-state index in [4.69, 9.17) is 0 Å². The number of carbonyl (C=O) groups excluding carboxylic acids is 1. The summed E-state index contributed by atoms with van der Waals surface area (Å²) in [4.78, 5) is 14.9. The lowest BCUT2D eigenvalue weighted by Crippen LogP contribution is -2.44. The van der Waals surface area contributed by atoms with Crippen LogP contribution < -0.4 is 5.32 Å². The van der Waals surface area contributed by atoms with E-state index in [0.717, 1.165) is 16.4 Å². The lowest BCUT2D eigenvalue weighted by molar-refractivity contribution is -0.117. The number of aromatic amines is 1. The number of carbonyl (C=O) groups is 1. The van der Waals surface area contributed by atoms with Crippen LogP contribution in [-0.2, 0) is 11.2 Å². The molecule has 104 valence electrons. The van der Waals surface area contributed by atoms with Crippen molar-refractivity contribution in [2.24, 2.45) is 0 Å². The largest absolute Gasteiger partial charge is 0.360 e. The first-order chi connectivity index (χ1) is 9.43. The molecule has 0 bridgehead atoms. The fraction of sp³-hybridized carbons (Fsp3) is 0.312. The molecule has 4 heteroatoms. The first kappa shape index (κ1) is 14.7. The molecule has 0 radical (unpaired) electrons. The van der Waals surface area contributed by atoms with Crippen molar-refractivity contribution in [2.75, 3.05) is 0 Å². The molecule has 0 unspecified atom stereocenters. The summed E-state index contributed by atoms with van der Waals surface area (Å²) in [7, 11) is 0. The lowest BCUT2D eigenvalue weighted by atomic mass is 9.94. The molecule has 20 heavy (non-hydrogen) atoms. The number of hydrogen-bond acceptors (Lipinski definition) is 1. The monoisotopic (exact) mass is 332 g/mol. The molecular formula is C16H17BrN2O. The Morgan fingerprint density at radius 2 is 2.20 bits per heavy atom. The molecule has 0 aliphatic heterocycles. The predicted molar refractivity (Wildman–Crippen MR) is 85.4 cm³/mol. The Labute approximate surface area is 127 Å². The average molecular weight is 333 g/mol. The van der Waals surface area contributed by atoms with Crippen molar-refractivity contribution in [3.63, 3.8) is 0 Å². The fourth-order valence-electron chi connectivity index (χ4n) is 2.29. The normalized spacial score (nSPS) is 11.0. The van der Waals surface area contributed by atoms with Crippen LogP contribution in [-0.4, -0.2) is 16.4 Å². The van der Waals surface area contributed by atoms with Gasteiger partial charge in [-0.15, -0.1) is 0 Å². The van der Waals surface area contributed by atoms with Gasteiger partial charge in [-0.25, -0.2) is 0 Å². The Morgan fingerprint density at radius 3 is 2.90 bits per heavy atom. The highest BCUT2D eigenvalue weighted by Crippen LogP contribution is 2.27. The highest BCUT2D eigenvalue weighted by Gasteiger charge is 2.22. The van der Waals surface area contributed by atoms with E-state index < -0.39 is 0 Å². The van der Waals surface area contributed by atoms with Gasteiger partial charge < -0.3 is 10.3 Å². The summed E-state index contributed by atoms with van der Waals surface area (Å²) in [5.74, 6) is 4.89. The maximum absolute atomic E-state index is 11.6. The third kappa shape index (κ3) is 3.23. The van der Waals surface area contributed by atoms with Gasteiger partial charge in [0.05, 0.1) is 5.52 Å². The van der Waals surface area contributed by atoms with Crippen LogP contribution in [0.25, 0.3) is 10.9 Å². The molecule has 2 rings (SSSR count). The first-order valence-electron chi connectivity index (χ1n) is 6.42. The summed E-state index contributed by atoms with van der Waals surface area (Å²) in [6.07, 6.45) is 2.73. The number of aromatic nitrogens is 1.